The molecular weight excluding hydrogens is 402 g/mol. The van der Waals surface area contributed by atoms with E-state index in [2.05, 4.69) is 17.2 Å². The van der Waals surface area contributed by atoms with Crippen LogP contribution in [0.3, 0.4) is 0 Å². The summed E-state index contributed by atoms with van der Waals surface area (Å²) in [5, 5.41) is 3.55. The van der Waals surface area contributed by atoms with Crippen molar-refractivity contribution in [3.8, 4) is 11.8 Å². The van der Waals surface area contributed by atoms with Crippen LogP contribution in [0, 0.1) is 18.8 Å². The van der Waals surface area contributed by atoms with Gasteiger partial charge in [0.25, 0.3) is 5.91 Å². The molecule has 1 N–H and O–H groups in total. The summed E-state index contributed by atoms with van der Waals surface area (Å²) in [7, 11) is -1.22. The quantitative estimate of drug-likeness (QED) is 0.593. The predicted octanol–water partition coefficient (Wildman–Crippen LogP) is 4.93. The largest absolute Gasteiger partial charge is 0.334 e. The molecule has 0 bridgehead atoms. The van der Waals surface area contributed by atoms with Gasteiger partial charge in [0.15, 0.2) is 0 Å². The minimum absolute atomic E-state index is 0.189. The first-order valence-electron chi connectivity index (χ1n) is 9.08. The van der Waals surface area contributed by atoms with Crippen molar-refractivity contribution in [3.63, 3.8) is 0 Å². The zero-order valence-corrected chi connectivity index (χ0v) is 17.5. The lowest BCUT2D eigenvalue weighted by Crippen LogP contribution is -2.27. The standard InChI is InChI=1S/C24H20ClNO2S/c1-18-9-11-20(12-10-18)24(27)26-23(19-13-15-21(25)16-14-19)8-5-17-29(28)22-6-3-2-4-7-22/h2-4,6-7,9-16,23H,17H2,1H3,(H,26,27). The highest BCUT2D eigenvalue weighted by Crippen LogP contribution is 2.17. The minimum Gasteiger partial charge on any atom is -0.334 e. The van der Waals surface area contributed by atoms with Gasteiger partial charge < -0.3 is 5.32 Å². The van der Waals surface area contributed by atoms with E-state index in [1.807, 2.05) is 61.5 Å². The van der Waals surface area contributed by atoms with Crippen molar-refractivity contribution in [3.05, 3.63) is 101 Å². The average Bonchev–Trinajstić information content (AvgIpc) is 2.74. The summed E-state index contributed by atoms with van der Waals surface area (Å²) in [6, 6.07) is 23.2. The summed E-state index contributed by atoms with van der Waals surface area (Å²) >= 11 is 5.98. The van der Waals surface area contributed by atoms with Gasteiger partial charge in [0.2, 0.25) is 0 Å². The van der Waals surface area contributed by atoms with E-state index in [1.165, 1.54) is 0 Å². The monoisotopic (exact) mass is 421 g/mol. The molecule has 3 rings (SSSR count). The maximum absolute atomic E-state index is 12.7. The van der Waals surface area contributed by atoms with E-state index in [9.17, 15) is 9.00 Å². The van der Waals surface area contributed by atoms with Gasteiger partial charge in [-0.15, -0.1) is 0 Å². The molecule has 5 heteroatoms. The molecule has 0 radical (unpaired) electrons. The van der Waals surface area contributed by atoms with Crippen LogP contribution in [-0.2, 0) is 10.8 Å². The molecule has 0 spiro atoms. The highest BCUT2D eigenvalue weighted by molar-refractivity contribution is 7.85. The van der Waals surface area contributed by atoms with Crippen LogP contribution in [0.15, 0.2) is 83.8 Å². The lowest BCUT2D eigenvalue weighted by atomic mass is 10.1. The molecule has 3 aromatic rings. The highest BCUT2D eigenvalue weighted by Gasteiger charge is 2.14. The van der Waals surface area contributed by atoms with Crippen LogP contribution in [-0.4, -0.2) is 15.9 Å². The number of hydrogen-bond donors (Lipinski definition) is 1. The molecule has 3 nitrogen and oxygen atoms in total. The van der Waals surface area contributed by atoms with Gasteiger partial charge in [0.1, 0.15) is 6.04 Å². The summed E-state index contributed by atoms with van der Waals surface area (Å²) in [5.74, 6) is 5.98. The normalized spacial score (nSPS) is 12.3. The number of rotatable bonds is 5. The highest BCUT2D eigenvalue weighted by atomic mass is 35.5. The average molecular weight is 422 g/mol. The second-order valence-electron chi connectivity index (χ2n) is 6.45. The fourth-order valence-corrected chi connectivity index (χ4v) is 3.61. The Kier molecular flexibility index (Phi) is 7.24. The van der Waals surface area contributed by atoms with E-state index in [4.69, 9.17) is 11.6 Å². The van der Waals surface area contributed by atoms with Gasteiger partial charge in [-0.25, -0.2) is 0 Å². The van der Waals surface area contributed by atoms with Crippen LogP contribution in [0.2, 0.25) is 5.02 Å². The molecule has 0 aliphatic rings. The van der Waals surface area contributed by atoms with Crippen LogP contribution < -0.4 is 5.32 Å². The van der Waals surface area contributed by atoms with Crippen LogP contribution in [0.25, 0.3) is 0 Å². The molecule has 146 valence electrons. The molecule has 2 unspecified atom stereocenters. The van der Waals surface area contributed by atoms with Gasteiger partial charge in [-0.05, 0) is 48.9 Å². The maximum Gasteiger partial charge on any atom is 0.252 e. The number of carbonyl (C=O) groups excluding carboxylic acids is 1. The Morgan fingerprint density at radius 3 is 2.31 bits per heavy atom. The number of benzene rings is 3. The molecule has 0 saturated carbocycles. The summed E-state index contributed by atoms with van der Waals surface area (Å²) < 4.78 is 12.4. The van der Waals surface area contributed by atoms with Gasteiger partial charge in [-0.3, -0.25) is 9.00 Å². The number of amides is 1. The van der Waals surface area contributed by atoms with Crippen molar-refractivity contribution in [1.82, 2.24) is 5.32 Å². The molecule has 0 aliphatic carbocycles. The Morgan fingerprint density at radius 2 is 1.66 bits per heavy atom. The summed E-state index contributed by atoms with van der Waals surface area (Å²) in [5.41, 5.74) is 2.45. The Morgan fingerprint density at radius 1 is 1.00 bits per heavy atom. The molecule has 0 aromatic heterocycles. The zero-order valence-electron chi connectivity index (χ0n) is 15.9. The Hall–Kier alpha value is -2.87. The minimum atomic E-state index is -1.22. The third-order valence-electron chi connectivity index (χ3n) is 4.25. The second kappa shape index (κ2) is 10.1. The summed E-state index contributed by atoms with van der Waals surface area (Å²) in [6.07, 6.45) is 0. The molecule has 3 aromatic carbocycles. The molecule has 0 heterocycles. The van der Waals surface area contributed by atoms with Crippen molar-refractivity contribution in [1.29, 1.82) is 0 Å². The van der Waals surface area contributed by atoms with Gasteiger partial charge in [-0.2, -0.15) is 0 Å². The molecule has 0 saturated heterocycles. The van der Waals surface area contributed by atoms with Crippen molar-refractivity contribution >= 4 is 28.3 Å². The maximum atomic E-state index is 12.7. The van der Waals surface area contributed by atoms with Gasteiger partial charge >= 0.3 is 0 Å². The van der Waals surface area contributed by atoms with E-state index in [1.54, 1.807) is 24.3 Å². The van der Waals surface area contributed by atoms with Crippen LogP contribution in [0.5, 0.6) is 0 Å². The van der Waals surface area contributed by atoms with Crippen LogP contribution >= 0.6 is 11.6 Å². The number of hydrogen-bond acceptors (Lipinski definition) is 2. The Balaban J connectivity index is 1.78. The SMILES string of the molecule is Cc1ccc(C(=O)NC(C#CCS(=O)c2ccccc2)c2ccc(Cl)cc2)cc1. The fraction of sp³-hybridized carbons (Fsp3) is 0.125. The van der Waals surface area contributed by atoms with Crippen LogP contribution in [0.4, 0.5) is 0 Å². The molecular formula is C24H20ClNO2S. The fourth-order valence-electron chi connectivity index (χ4n) is 2.64. The van der Waals surface area contributed by atoms with E-state index in [0.717, 1.165) is 16.0 Å². The predicted molar refractivity (Wildman–Crippen MR) is 118 cm³/mol. The van der Waals surface area contributed by atoms with E-state index in [0.29, 0.717) is 10.6 Å². The number of carbonyl (C=O) groups is 1. The third-order valence-corrected chi connectivity index (χ3v) is 5.70. The molecule has 29 heavy (non-hydrogen) atoms. The first-order valence-corrected chi connectivity index (χ1v) is 10.8. The van der Waals surface area contributed by atoms with E-state index < -0.39 is 16.8 Å². The van der Waals surface area contributed by atoms with Crippen molar-refractivity contribution in [2.75, 3.05) is 5.75 Å². The number of nitrogens with one attached hydrogen (secondary N) is 1. The molecule has 2 atom stereocenters. The van der Waals surface area contributed by atoms with Crippen molar-refractivity contribution < 1.29 is 9.00 Å². The van der Waals surface area contributed by atoms with Gasteiger partial charge in [0, 0.05) is 15.5 Å². The van der Waals surface area contributed by atoms with E-state index >= 15 is 0 Å². The van der Waals surface area contributed by atoms with Gasteiger partial charge in [-0.1, -0.05) is 71.5 Å². The molecule has 1 amide bonds. The lowest BCUT2D eigenvalue weighted by Gasteiger charge is -2.14. The summed E-state index contributed by atoms with van der Waals surface area (Å²) in [6.45, 7) is 1.97. The third kappa shape index (κ3) is 6.05. The zero-order chi connectivity index (χ0) is 20.6. The topological polar surface area (TPSA) is 46.2 Å². The molecule has 0 fully saturated rings. The van der Waals surface area contributed by atoms with E-state index in [-0.39, 0.29) is 11.7 Å². The van der Waals surface area contributed by atoms with Gasteiger partial charge in [0.05, 0.1) is 16.6 Å². The first-order chi connectivity index (χ1) is 14.0. The number of aryl methyl sites for hydroxylation is 1. The Labute approximate surface area is 178 Å². The van der Waals surface area contributed by atoms with Crippen LogP contribution in [0.1, 0.15) is 27.5 Å². The smallest absolute Gasteiger partial charge is 0.252 e. The first kappa shape index (κ1) is 20.9. The second-order valence-corrected chi connectivity index (χ2v) is 8.34. The van der Waals surface area contributed by atoms with Crippen molar-refractivity contribution in [2.45, 2.75) is 17.9 Å². The van der Waals surface area contributed by atoms with Crippen molar-refractivity contribution in [2.24, 2.45) is 0 Å². The number of halogens is 1. The molecule has 0 aliphatic heterocycles. The lowest BCUT2D eigenvalue weighted by molar-refractivity contribution is 0.0945. The summed E-state index contributed by atoms with van der Waals surface area (Å²) in [4.78, 5) is 13.4. The Bertz CT molecular complexity index is 1050.